The SMILES string of the molecule is CCCC1CCC(c2ncc(C(C)O)c(C)n2)CC1. The van der Waals surface area contributed by atoms with E-state index in [0.717, 1.165) is 23.0 Å². The first-order chi connectivity index (χ1) is 9.11. The van der Waals surface area contributed by atoms with Crippen LogP contribution in [0.4, 0.5) is 0 Å². The van der Waals surface area contributed by atoms with E-state index in [4.69, 9.17) is 0 Å². The van der Waals surface area contributed by atoms with Gasteiger partial charge in [0.25, 0.3) is 0 Å². The second-order valence-corrected chi connectivity index (χ2v) is 5.95. The lowest BCUT2D eigenvalue weighted by atomic mass is 9.79. The molecule has 1 aliphatic rings. The van der Waals surface area contributed by atoms with Crippen LogP contribution in [0.1, 0.15) is 81.5 Å². The van der Waals surface area contributed by atoms with Crippen molar-refractivity contribution in [3.63, 3.8) is 0 Å². The van der Waals surface area contributed by atoms with Crippen molar-refractivity contribution in [2.75, 3.05) is 0 Å². The summed E-state index contributed by atoms with van der Waals surface area (Å²) in [6, 6.07) is 0. The van der Waals surface area contributed by atoms with Gasteiger partial charge >= 0.3 is 0 Å². The highest BCUT2D eigenvalue weighted by Crippen LogP contribution is 2.36. The molecule has 0 saturated heterocycles. The average molecular weight is 262 g/mol. The Morgan fingerprint density at radius 2 is 2.00 bits per heavy atom. The van der Waals surface area contributed by atoms with E-state index in [1.807, 2.05) is 6.92 Å². The van der Waals surface area contributed by atoms with E-state index in [-0.39, 0.29) is 0 Å². The smallest absolute Gasteiger partial charge is 0.131 e. The van der Waals surface area contributed by atoms with E-state index in [9.17, 15) is 5.11 Å². The maximum atomic E-state index is 9.62. The monoisotopic (exact) mass is 262 g/mol. The highest BCUT2D eigenvalue weighted by molar-refractivity contribution is 5.19. The van der Waals surface area contributed by atoms with E-state index >= 15 is 0 Å². The summed E-state index contributed by atoms with van der Waals surface area (Å²) in [7, 11) is 0. The molecule has 1 unspecified atom stereocenters. The van der Waals surface area contributed by atoms with Gasteiger partial charge in [0, 0.05) is 23.4 Å². The molecule has 0 aromatic carbocycles. The second-order valence-electron chi connectivity index (χ2n) is 5.95. The van der Waals surface area contributed by atoms with Gasteiger partial charge in [0.05, 0.1) is 6.10 Å². The Morgan fingerprint density at radius 1 is 1.32 bits per heavy atom. The number of aliphatic hydroxyl groups is 1. The van der Waals surface area contributed by atoms with E-state index in [0.29, 0.717) is 5.92 Å². The van der Waals surface area contributed by atoms with Crippen molar-refractivity contribution in [3.05, 3.63) is 23.3 Å². The van der Waals surface area contributed by atoms with Crippen molar-refractivity contribution in [2.45, 2.75) is 71.3 Å². The van der Waals surface area contributed by atoms with E-state index < -0.39 is 6.10 Å². The summed E-state index contributed by atoms with van der Waals surface area (Å²) >= 11 is 0. The quantitative estimate of drug-likeness (QED) is 0.894. The molecule has 1 aromatic heterocycles. The van der Waals surface area contributed by atoms with Crippen LogP contribution in [0.15, 0.2) is 6.20 Å². The predicted molar refractivity (Wildman–Crippen MR) is 77.0 cm³/mol. The first-order valence-corrected chi connectivity index (χ1v) is 7.63. The molecule has 19 heavy (non-hydrogen) atoms. The predicted octanol–water partition coefficient (Wildman–Crippen LogP) is 3.91. The Bertz CT molecular complexity index is 409. The first kappa shape index (κ1) is 14.4. The second kappa shape index (κ2) is 6.47. The van der Waals surface area contributed by atoms with Gasteiger partial charge in [-0.2, -0.15) is 0 Å². The van der Waals surface area contributed by atoms with Crippen LogP contribution in [0, 0.1) is 12.8 Å². The molecule has 2 rings (SSSR count). The van der Waals surface area contributed by atoms with Gasteiger partial charge < -0.3 is 5.11 Å². The number of hydrogen-bond donors (Lipinski definition) is 1. The lowest BCUT2D eigenvalue weighted by molar-refractivity contribution is 0.197. The minimum Gasteiger partial charge on any atom is -0.389 e. The van der Waals surface area contributed by atoms with Crippen LogP contribution in [0.5, 0.6) is 0 Å². The normalized spacial score (nSPS) is 25.3. The maximum Gasteiger partial charge on any atom is 0.131 e. The van der Waals surface area contributed by atoms with Crippen LogP contribution >= 0.6 is 0 Å². The summed E-state index contributed by atoms with van der Waals surface area (Å²) < 4.78 is 0. The molecule has 3 heteroatoms. The van der Waals surface area contributed by atoms with Crippen molar-refractivity contribution in [1.82, 2.24) is 9.97 Å². The number of aryl methyl sites for hydroxylation is 1. The third-order valence-electron chi connectivity index (χ3n) is 4.39. The highest BCUT2D eigenvalue weighted by Gasteiger charge is 2.24. The van der Waals surface area contributed by atoms with Crippen molar-refractivity contribution in [2.24, 2.45) is 5.92 Å². The summed E-state index contributed by atoms with van der Waals surface area (Å²) in [5, 5.41) is 9.62. The molecule has 0 aliphatic heterocycles. The van der Waals surface area contributed by atoms with Gasteiger partial charge in [-0.1, -0.05) is 19.8 Å². The van der Waals surface area contributed by atoms with Gasteiger partial charge in [0.15, 0.2) is 0 Å². The molecule has 1 saturated carbocycles. The number of nitrogens with zero attached hydrogens (tertiary/aromatic N) is 2. The average Bonchev–Trinajstić information content (AvgIpc) is 2.39. The number of hydrogen-bond acceptors (Lipinski definition) is 3. The van der Waals surface area contributed by atoms with Crippen LogP contribution in [0.25, 0.3) is 0 Å². The van der Waals surface area contributed by atoms with Crippen molar-refractivity contribution < 1.29 is 5.11 Å². The standard InChI is InChI=1S/C16H26N2O/c1-4-5-13-6-8-14(9-7-13)16-17-10-15(12(3)19)11(2)18-16/h10,12-14,19H,4-9H2,1-3H3. The molecule has 3 nitrogen and oxygen atoms in total. The van der Waals surface area contributed by atoms with Crippen LogP contribution in [0.3, 0.4) is 0 Å². The first-order valence-electron chi connectivity index (χ1n) is 7.63. The molecule has 0 amide bonds. The van der Waals surface area contributed by atoms with E-state index in [1.54, 1.807) is 13.1 Å². The molecule has 1 aromatic rings. The molecule has 1 N–H and O–H groups in total. The molecule has 1 heterocycles. The van der Waals surface area contributed by atoms with E-state index in [2.05, 4.69) is 16.9 Å². The van der Waals surface area contributed by atoms with Gasteiger partial charge in [-0.05, 0) is 45.4 Å². The summed E-state index contributed by atoms with van der Waals surface area (Å²) in [5.41, 5.74) is 1.78. The topological polar surface area (TPSA) is 46.0 Å². The Kier molecular flexibility index (Phi) is 4.92. The van der Waals surface area contributed by atoms with Crippen LogP contribution in [-0.4, -0.2) is 15.1 Å². The molecule has 106 valence electrons. The molecule has 1 aliphatic carbocycles. The van der Waals surface area contributed by atoms with Gasteiger partial charge in [-0.3, -0.25) is 0 Å². The number of aromatic nitrogens is 2. The lowest BCUT2D eigenvalue weighted by Gasteiger charge is -2.27. The molecule has 0 bridgehead atoms. The zero-order chi connectivity index (χ0) is 13.8. The summed E-state index contributed by atoms with van der Waals surface area (Å²) in [5.74, 6) is 2.42. The largest absolute Gasteiger partial charge is 0.389 e. The molecular weight excluding hydrogens is 236 g/mol. The minimum absolute atomic E-state index is 0.477. The molecule has 1 fully saturated rings. The van der Waals surface area contributed by atoms with Crippen LogP contribution in [-0.2, 0) is 0 Å². The lowest BCUT2D eigenvalue weighted by Crippen LogP contribution is -2.16. The molecule has 0 radical (unpaired) electrons. The van der Waals surface area contributed by atoms with Gasteiger partial charge in [0.2, 0.25) is 0 Å². The number of rotatable bonds is 4. The minimum atomic E-state index is -0.477. The van der Waals surface area contributed by atoms with Gasteiger partial charge in [-0.15, -0.1) is 0 Å². The van der Waals surface area contributed by atoms with E-state index in [1.165, 1.54) is 38.5 Å². The van der Waals surface area contributed by atoms with Crippen molar-refractivity contribution in [1.29, 1.82) is 0 Å². The fourth-order valence-electron chi connectivity index (χ4n) is 3.22. The van der Waals surface area contributed by atoms with Gasteiger partial charge in [0.1, 0.15) is 5.82 Å². The third-order valence-corrected chi connectivity index (χ3v) is 4.39. The zero-order valence-corrected chi connectivity index (χ0v) is 12.4. The summed E-state index contributed by atoms with van der Waals surface area (Å²) in [6.45, 7) is 6.00. The molecular formula is C16H26N2O. The third kappa shape index (κ3) is 3.53. The Morgan fingerprint density at radius 3 is 2.53 bits per heavy atom. The Hall–Kier alpha value is -0.960. The van der Waals surface area contributed by atoms with Crippen LogP contribution < -0.4 is 0 Å². The zero-order valence-electron chi connectivity index (χ0n) is 12.4. The van der Waals surface area contributed by atoms with Gasteiger partial charge in [-0.25, -0.2) is 9.97 Å². The molecule has 1 atom stereocenters. The van der Waals surface area contributed by atoms with Crippen molar-refractivity contribution in [3.8, 4) is 0 Å². The number of aliphatic hydroxyl groups excluding tert-OH is 1. The summed E-state index contributed by atoms with van der Waals surface area (Å²) in [4.78, 5) is 9.10. The molecule has 0 spiro atoms. The van der Waals surface area contributed by atoms with Crippen molar-refractivity contribution >= 4 is 0 Å². The summed E-state index contributed by atoms with van der Waals surface area (Å²) in [6.07, 6.45) is 9.07. The Labute approximate surface area is 116 Å². The highest BCUT2D eigenvalue weighted by atomic mass is 16.3. The fourth-order valence-corrected chi connectivity index (χ4v) is 3.22. The van der Waals surface area contributed by atoms with Crippen LogP contribution in [0.2, 0.25) is 0 Å². The maximum absolute atomic E-state index is 9.62. The Balaban J connectivity index is 2.02. The fraction of sp³-hybridized carbons (Fsp3) is 0.750.